The fourth-order valence-electron chi connectivity index (χ4n) is 1.04. The predicted molar refractivity (Wildman–Crippen MR) is 56.9 cm³/mol. The molecule has 1 aliphatic rings. The zero-order valence-corrected chi connectivity index (χ0v) is 11.0. The van der Waals surface area contributed by atoms with Crippen molar-refractivity contribution in [3.8, 4) is 0 Å². The van der Waals surface area contributed by atoms with Gasteiger partial charge in [-0.15, -0.1) is 11.6 Å². The van der Waals surface area contributed by atoms with E-state index in [0.29, 0.717) is 0 Å². The van der Waals surface area contributed by atoms with Gasteiger partial charge in [0.15, 0.2) is 5.78 Å². The Kier molecular flexibility index (Phi) is 3.47. The van der Waals surface area contributed by atoms with Crippen LogP contribution in [0.25, 0.3) is 0 Å². The molecule has 0 aromatic rings. The van der Waals surface area contributed by atoms with Gasteiger partial charge in [-0.2, -0.15) is 0 Å². The van der Waals surface area contributed by atoms with E-state index in [1.165, 1.54) is 0 Å². The standard InChI is InChI=1S/C6H6Br3ClO/c7-6(8,9)2-3-1-4(10)5(3)11/h3-4H,1-2H2. The Morgan fingerprint density at radius 2 is 2.09 bits per heavy atom. The summed E-state index contributed by atoms with van der Waals surface area (Å²) in [5.74, 6) is 0.269. The number of halogens is 4. The number of hydrogen-bond donors (Lipinski definition) is 0. The van der Waals surface area contributed by atoms with Crippen molar-refractivity contribution >= 4 is 65.2 Å². The molecule has 1 saturated carbocycles. The van der Waals surface area contributed by atoms with Crippen molar-refractivity contribution in [2.24, 2.45) is 5.92 Å². The summed E-state index contributed by atoms with van der Waals surface area (Å²) < 4.78 is -0.301. The van der Waals surface area contributed by atoms with Crippen molar-refractivity contribution in [2.75, 3.05) is 0 Å². The first-order chi connectivity index (χ1) is 4.90. The van der Waals surface area contributed by atoms with Crippen LogP contribution < -0.4 is 0 Å². The van der Waals surface area contributed by atoms with Gasteiger partial charge in [0.25, 0.3) is 0 Å². The van der Waals surface area contributed by atoms with Crippen molar-refractivity contribution in [1.82, 2.24) is 0 Å². The van der Waals surface area contributed by atoms with Gasteiger partial charge in [-0.3, -0.25) is 4.79 Å². The molecule has 0 saturated heterocycles. The van der Waals surface area contributed by atoms with Gasteiger partial charge in [-0.1, -0.05) is 47.8 Å². The van der Waals surface area contributed by atoms with E-state index in [0.717, 1.165) is 12.8 Å². The smallest absolute Gasteiger partial charge is 0.153 e. The van der Waals surface area contributed by atoms with Gasteiger partial charge in [-0.05, 0) is 12.8 Å². The number of Topliss-reactive ketones (excluding diaryl/α,β-unsaturated/α-hetero) is 1. The molecule has 1 aliphatic carbocycles. The third kappa shape index (κ3) is 2.98. The minimum Gasteiger partial charge on any atom is -0.298 e. The van der Waals surface area contributed by atoms with Crippen molar-refractivity contribution in [3.63, 3.8) is 0 Å². The van der Waals surface area contributed by atoms with E-state index in [4.69, 9.17) is 11.6 Å². The lowest BCUT2D eigenvalue weighted by atomic mass is 9.81. The first-order valence-corrected chi connectivity index (χ1v) is 5.96. The summed E-state index contributed by atoms with van der Waals surface area (Å²) in [7, 11) is 0. The van der Waals surface area contributed by atoms with Crippen LogP contribution in [-0.2, 0) is 4.79 Å². The van der Waals surface area contributed by atoms with Gasteiger partial charge in [-0.25, -0.2) is 0 Å². The second-order valence-electron chi connectivity index (χ2n) is 2.62. The lowest BCUT2D eigenvalue weighted by Crippen LogP contribution is -2.39. The quantitative estimate of drug-likeness (QED) is 0.648. The van der Waals surface area contributed by atoms with Crippen LogP contribution in [0.15, 0.2) is 0 Å². The van der Waals surface area contributed by atoms with E-state index in [2.05, 4.69) is 47.8 Å². The summed E-state index contributed by atoms with van der Waals surface area (Å²) in [5, 5.41) is -0.241. The topological polar surface area (TPSA) is 17.1 Å². The van der Waals surface area contributed by atoms with Crippen LogP contribution >= 0.6 is 59.4 Å². The first-order valence-electron chi connectivity index (χ1n) is 3.14. The lowest BCUT2D eigenvalue weighted by Gasteiger charge is -2.31. The SMILES string of the molecule is O=C1C(Cl)CC1CC(Br)(Br)Br. The Labute approximate surface area is 95.6 Å². The number of ketones is 1. The molecule has 64 valence electrons. The molecule has 0 radical (unpaired) electrons. The molecule has 1 fully saturated rings. The third-order valence-corrected chi connectivity index (χ3v) is 3.04. The molecule has 0 aromatic carbocycles. The van der Waals surface area contributed by atoms with Gasteiger partial charge < -0.3 is 0 Å². The minimum absolute atomic E-state index is 0.107. The van der Waals surface area contributed by atoms with Crippen molar-refractivity contribution in [3.05, 3.63) is 0 Å². The van der Waals surface area contributed by atoms with Crippen LogP contribution in [0.1, 0.15) is 12.8 Å². The average molecular weight is 369 g/mol. The molecule has 1 rings (SSSR count). The molecule has 1 nitrogen and oxygen atoms in total. The van der Waals surface area contributed by atoms with Crippen LogP contribution in [0.4, 0.5) is 0 Å². The molecule has 0 heterocycles. The summed E-state index contributed by atoms with van der Waals surface area (Å²) in [4.78, 5) is 11.0. The Bertz CT molecular complexity index is 177. The molecule has 0 bridgehead atoms. The Balaban J connectivity index is 2.37. The first kappa shape index (κ1) is 10.5. The fraction of sp³-hybridized carbons (Fsp3) is 0.833. The van der Waals surface area contributed by atoms with Crippen molar-refractivity contribution in [2.45, 2.75) is 20.4 Å². The van der Waals surface area contributed by atoms with Crippen molar-refractivity contribution < 1.29 is 4.79 Å². The predicted octanol–water partition coefficient (Wildman–Crippen LogP) is 3.41. The fourth-order valence-corrected chi connectivity index (χ4v) is 2.61. The van der Waals surface area contributed by atoms with E-state index in [-0.39, 0.29) is 19.2 Å². The maximum Gasteiger partial charge on any atom is 0.153 e. The average Bonchev–Trinajstić information content (AvgIpc) is 1.84. The molecule has 0 aromatic heterocycles. The second kappa shape index (κ2) is 3.64. The van der Waals surface area contributed by atoms with E-state index < -0.39 is 0 Å². The van der Waals surface area contributed by atoms with Gasteiger partial charge in [0, 0.05) is 5.92 Å². The van der Waals surface area contributed by atoms with Crippen LogP contribution in [0.2, 0.25) is 0 Å². The monoisotopic (exact) mass is 366 g/mol. The summed E-state index contributed by atoms with van der Waals surface area (Å²) in [6.45, 7) is 0. The normalized spacial score (nSPS) is 31.8. The highest BCUT2D eigenvalue weighted by Gasteiger charge is 2.41. The number of carbonyl (C=O) groups excluding carboxylic acids is 1. The molecule has 0 amide bonds. The Morgan fingerprint density at radius 3 is 2.36 bits per heavy atom. The maximum atomic E-state index is 11.0. The van der Waals surface area contributed by atoms with Gasteiger partial charge >= 0.3 is 0 Å². The lowest BCUT2D eigenvalue weighted by molar-refractivity contribution is -0.128. The van der Waals surface area contributed by atoms with E-state index in [1.807, 2.05) is 0 Å². The van der Waals surface area contributed by atoms with Crippen LogP contribution in [-0.4, -0.2) is 13.3 Å². The highest BCUT2D eigenvalue weighted by Crippen LogP contribution is 2.44. The molecule has 2 unspecified atom stereocenters. The molecule has 11 heavy (non-hydrogen) atoms. The van der Waals surface area contributed by atoms with Gasteiger partial charge in [0.1, 0.15) is 2.14 Å². The highest BCUT2D eigenvalue weighted by atomic mass is 80.0. The molecule has 2 atom stereocenters. The minimum atomic E-state index is -0.301. The number of carbonyl (C=O) groups is 1. The van der Waals surface area contributed by atoms with Gasteiger partial charge in [0.05, 0.1) is 5.38 Å². The van der Waals surface area contributed by atoms with Crippen LogP contribution in [0.3, 0.4) is 0 Å². The second-order valence-corrected chi connectivity index (χ2v) is 10.4. The molecule has 5 heteroatoms. The molecule has 0 spiro atoms. The third-order valence-electron chi connectivity index (χ3n) is 1.68. The van der Waals surface area contributed by atoms with E-state index >= 15 is 0 Å². The van der Waals surface area contributed by atoms with Crippen LogP contribution in [0.5, 0.6) is 0 Å². The zero-order valence-electron chi connectivity index (χ0n) is 5.49. The zero-order chi connectivity index (χ0) is 8.65. The van der Waals surface area contributed by atoms with E-state index in [9.17, 15) is 4.79 Å². The Morgan fingerprint density at radius 1 is 1.55 bits per heavy atom. The summed E-state index contributed by atoms with van der Waals surface area (Å²) in [6, 6.07) is 0. The number of hydrogen-bond acceptors (Lipinski definition) is 1. The largest absolute Gasteiger partial charge is 0.298 e. The summed E-state index contributed by atoms with van der Waals surface area (Å²) >= 11 is 15.6. The molecular weight excluding hydrogens is 363 g/mol. The van der Waals surface area contributed by atoms with Gasteiger partial charge in [0.2, 0.25) is 0 Å². The number of rotatable bonds is 1. The molecular formula is C6H6Br3ClO. The highest BCUT2D eigenvalue weighted by molar-refractivity contribution is 9.39. The summed E-state index contributed by atoms with van der Waals surface area (Å²) in [5.41, 5.74) is 0. The van der Waals surface area contributed by atoms with Crippen LogP contribution in [0, 0.1) is 5.92 Å². The summed E-state index contributed by atoms with van der Waals surface area (Å²) in [6.07, 6.45) is 1.53. The van der Waals surface area contributed by atoms with E-state index in [1.54, 1.807) is 0 Å². The molecule has 0 N–H and O–H groups in total. The maximum absolute atomic E-state index is 11.0. The molecule has 0 aliphatic heterocycles. The number of alkyl halides is 4. The Hall–Kier alpha value is 1.40. The van der Waals surface area contributed by atoms with Crippen molar-refractivity contribution in [1.29, 1.82) is 0 Å².